The minimum absolute atomic E-state index is 0.156. The van der Waals surface area contributed by atoms with Crippen LogP contribution in [0.25, 0.3) is 0 Å². The number of nitrogens with zero attached hydrogens (tertiary/aromatic N) is 2. The van der Waals surface area contributed by atoms with Crippen LogP contribution >= 0.6 is 11.5 Å². The molecular weight excluding hydrogens is 172 g/mol. The van der Waals surface area contributed by atoms with E-state index < -0.39 is 0 Å². The second-order valence-corrected chi connectivity index (χ2v) is 3.22. The van der Waals surface area contributed by atoms with Gasteiger partial charge < -0.3 is 0 Å². The van der Waals surface area contributed by atoms with Gasteiger partial charge in [0.1, 0.15) is 0 Å². The van der Waals surface area contributed by atoms with E-state index >= 15 is 0 Å². The second-order valence-electron chi connectivity index (χ2n) is 2.41. The first kappa shape index (κ1) is 9.31. The van der Waals surface area contributed by atoms with Gasteiger partial charge in [0.25, 0.3) is 0 Å². The van der Waals surface area contributed by atoms with E-state index in [2.05, 4.69) is 21.6 Å². The van der Waals surface area contributed by atoms with E-state index in [-0.39, 0.29) is 6.04 Å². The smallest absolute Gasteiger partial charge is 0.0669 e. The molecule has 1 heterocycles. The van der Waals surface area contributed by atoms with E-state index in [1.165, 1.54) is 11.5 Å². The number of hydrogen-bond donors (Lipinski definition) is 2. The predicted molar refractivity (Wildman–Crippen MR) is 49.4 cm³/mol. The molecule has 0 bridgehead atoms. The average Bonchev–Trinajstić information content (AvgIpc) is 2.59. The van der Waals surface area contributed by atoms with Crippen molar-refractivity contribution in [1.82, 2.24) is 15.0 Å². The summed E-state index contributed by atoms with van der Waals surface area (Å²) in [5.74, 6) is 5.37. The Bertz CT molecular complexity index is 221. The Morgan fingerprint density at radius 1 is 1.83 bits per heavy atom. The minimum Gasteiger partial charge on any atom is -0.271 e. The van der Waals surface area contributed by atoms with E-state index in [4.69, 9.17) is 5.84 Å². The monoisotopic (exact) mass is 184 g/mol. The third kappa shape index (κ3) is 2.37. The molecule has 1 atom stereocenters. The van der Waals surface area contributed by atoms with Gasteiger partial charge in [-0.1, -0.05) is 10.6 Å². The number of aromatic nitrogens is 2. The normalized spacial score (nSPS) is 12.8. The molecule has 0 radical (unpaired) electrons. The number of hydrogen-bond acceptors (Lipinski definition) is 5. The summed E-state index contributed by atoms with van der Waals surface area (Å²) in [6, 6.07) is 0.156. The van der Waals surface area contributed by atoms with Gasteiger partial charge in [0.05, 0.1) is 17.1 Å². The summed E-state index contributed by atoms with van der Waals surface area (Å²) in [4.78, 5) is 1.07. The molecule has 1 unspecified atom stereocenters. The highest BCUT2D eigenvalue weighted by Crippen LogP contribution is 2.19. The molecule has 0 aliphatic heterocycles. The zero-order valence-corrected chi connectivity index (χ0v) is 7.55. The first-order chi connectivity index (χ1) is 5.88. The number of hydrazine groups is 1. The maximum Gasteiger partial charge on any atom is 0.0669 e. The molecule has 1 rings (SSSR count). The maximum absolute atomic E-state index is 5.37. The van der Waals surface area contributed by atoms with E-state index in [1.54, 1.807) is 6.20 Å². The van der Waals surface area contributed by atoms with Gasteiger partial charge >= 0.3 is 0 Å². The van der Waals surface area contributed by atoms with Crippen molar-refractivity contribution in [1.29, 1.82) is 0 Å². The fourth-order valence-corrected chi connectivity index (χ4v) is 1.52. The molecule has 0 amide bonds. The lowest BCUT2D eigenvalue weighted by atomic mass is 10.1. The van der Waals surface area contributed by atoms with Crippen LogP contribution in [-0.4, -0.2) is 9.59 Å². The molecular formula is C7H12N4S. The molecule has 0 saturated heterocycles. The zero-order chi connectivity index (χ0) is 8.81. The molecule has 1 aromatic heterocycles. The van der Waals surface area contributed by atoms with Crippen molar-refractivity contribution < 1.29 is 0 Å². The number of allylic oxidation sites excluding steroid dienone is 1. The highest BCUT2D eigenvalue weighted by atomic mass is 32.1. The minimum atomic E-state index is 0.156. The highest BCUT2D eigenvalue weighted by Gasteiger charge is 2.10. The Balaban J connectivity index is 2.51. The van der Waals surface area contributed by atoms with Crippen LogP contribution in [0, 0.1) is 0 Å². The Hall–Kier alpha value is -0.780. The average molecular weight is 184 g/mol. The number of nitrogens with two attached hydrogens (primary N) is 1. The van der Waals surface area contributed by atoms with Crippen molar-refractivity contribution in [3.8, 4) is 0 Å². The van der Waals surface area contributed by atoms with Crippen LogP contribution in [-0.2, 0) is 0 Å². The molecule has 0 aliphatic carbocycles. The van der Waals surface area contributed by atoms with Crippen LogP contribution < -0.4 is 11.3 Å². The second kappa shape index (κ2) is 4.97. The third-order valence-electron chi connectivity index (χ3n) is 1.58. The van der Waals surface area contributed by atoms with E-state index in [0.717, 1.165) is 17.7 Å². The number of nitrogens with one attached hydrogen (secondary N) is 1. The standard InChI is InChI=1S/C7H12N4S/c1-2-3-4-6(10-8)7-5-9-11-12-7/h2,5-6,10H,1,3-4,8H2. The number of rotatable bonds is 5. The third-order valence-corrected chi connectivity index (χ3v) is 2.36. The van der Waals surface area contributed by atoms with Crippen molar-refractivity contribution >= 4 is 11.5 Å². The van der Waals surface area contributed by atoms with Gasteiger partial charge in [-0.3, -0.25) is 11.3 Å². The van der Waals surface area contributed by atoms with Crippen molar-refractivity contribution in [2.24, 2.45) is 5.84 Å². The molecule has 12 heavy (non-hydrogen) atoms. The lowest BCUT2D eigenvalue weighted by molar-refractivity contribution is 0.528. The van der Waals surface area contributed by atoms with Crippen LogP contribution in [0.2, 0.25) is 0 Å². The fourth-order valence-electron chi connectivity index (χ4n) is 0.921. The zero-order valence-electron chi connectivity index (χ0n) is 6.73. The Morgan fingerprint density at radius 2 is 2.67 bits per heavy atom. The molecule has 0 aliphatic rings. The van der Waals surface area contributed by atoms with E-state index in [9.17, 15) is 0 Å². The van der Waals surface area contributed by atoms with Crippen LogP contribution in [0.3, 0.4) is 0 Å². The van der Waals surface area contributed by atoms with Crippen molar-refractivity contribution in [3.63, 3.8) is 0 Å². The first-order valence-corrected chi connectivity index (χ1v) is 4.50. The predicted octanol–water partition coefficient (Wildman–Crippen LogP) is 1.01. The summed E-state index contributed by atoms with van der Waals surface area (Å²) < 4.78 is 3.77. The van der Waals surface area contributed by atoms with Crippen molar-refractivity contribution in [2.75, 3.05) is 0 Å². The molecule has 66 valence electrons. The Labute approximate surface area is 75.6 Å². The van der Waals surface area contributed by atoms with Gasteiger partial charge in [0.15, 0.2) is 0 Å². The van der Waals surface area contributed by atoms with Gasteiger partial charge in [0, 0.05) is 0 Å². The van der Waals surface area contributed by atoms with Crippen LogP contribution in [0.1, 0.15) is 23.8 Å². The maximum atomic E-state index is 5.37. The van der Waals surface area contributed by atoms with Gasteiger partial charge in [0.2, 0.25) is 0 Å². The molecule has 3 N–H and O–H groups in total. The largest absolute Gasteiger partial charge is 0.271 e. The lowest BCUT2D eigenvalue weighted by Gasteiger charge is -2.10. The summed E-state index contributed by atoms with van der Waals surface area (Å²) >= 11 is 1.37. The fraction of sp³-hybridized carbons (Fsp3) is 0.429. The Kier molecular flexibility index (Phi) is 3.86. The molecule has 1 aromatic rings. The summed E-state index contributed by atoms with van der Waals surface area (Å²) in [6.07, 6.45) is 5.48. The van der Waals surface area contributed by atoms with Crippen LogP contribution in [0.15, 0.2) is 18.9 Å². The Morgan fingerprint density at radius 3 is 3.17 bits per heavy atom. The van der Waals surface area contributed by atoms with E-state index in [0.29, 0.717) is 0 Å². The molecule has 0 spiro atoms. The molecule has 4 nitrogen and oxygen atoms in total. The van der Waals surface area contributed by atoms with Gasteiger partial charge in [-0.2, -0.15) is 0 Å². The van der Waals surface area contributed by atoms with Crippen molar-refractivity contribution in [2.45, 2.75) is 18.9 Å². The molecule has 5 heteroatoms. The van der Waals surface area contributed by atoms with Crippen LogP contribution in [0.5, 0.6) is 0 Å². The topological polar surface area (TPSA) is 63.8 Å². The lowest BCUT2D eigenvalue weighted by Crippen LogP contribution is -2.27. The molecule has 0 aromatic carbocycles. The summed E-state index contributed by atoms with van der Waals surface area (Å²) in [6.45, 7) is 3.65. The SMILES string of the molecule is C=CCCC(NN)c1cnns1. The summed E-state index contributed by atoms with van der Waals surface area (Å²) in [7, 11) is 0. The van der Waals surface area contributed by atoms with Crippen molar-refractivity contribution in [3.05, 3.63) is 23.7 Å². The van der Waals surface area contributed by atoms with Gasteiger partial charge in [-0.15, -0.1) is 11.7 Å². The summed E-state index contributed by atoms with van der Waals surface area (Å²) in [5, 5.41) is 3.75. The van der Waals surface area contributed by atoms with E-state index in [1.807, 2.05) is 6.08 Å². The summed E-state index contributed by atoms with van der Waals surface area (Å²) in [5.41, 5.74) is 2.72. The van der Waals surface area contributed by atoms with Gasteiger partial charge in [-0.05, 0) is 24.4 Å². The highest BCUT2D eigenvalue weighted by molar-refractivity contribution is 7.05. The first-order valence-electron chi connectivity index (χ1n) is 3.72. The van der Waals surface area contributed by atoms with Gasteiger partial charge in [-0.25, -0.2) is 0 Å². The molecule has 0 fully saturated rings. The quantitative estimate of drug-likeness (QED) is 0.407. The molecule has 0 saturated carbocycles. The van der Waals surface area contributed by atoms with Crippen LogP contribution in [0.4, 0.5) is 0 Å².